The molecule has 0 bridgehead atoms. The van der Waals surface area contributed by atoms with E-state index in [4.69, 9.17) is 21.1 Å². The second-order valence-electron chi connectivity index (χ2n) is 7.15. The number of carbonyl (C=O) groups is 1. The third kappa shape index (κ3) is 4.28. The van der Waals surface area contributed by atoms with Crippen LogP contribution >= 0.6 is 11.6 Å². The molecule has 1 amide bonds. The molecule has 0 aromatic heterocycles. The number of nitro groups is 1. The number of amides is 1. The standard InChI is InChI=1S/C20H20ClN3O5/c21-15-11-14(24(26)27)4-5-16(15)22-20(25)12-23-7-1-2-17(23)13-3-6-18-19(10-13)29-9-8-28-18/h3-6,10-11,17H,1-2,7-9,12H2,(H,22,25)/p+1/t17-/m1/s1. The summed E-state index contributed by atoms with van der Waals surface area (Å²) in [6.07, 6.45) is 2.01. The predicted molar refractivity (Wildman–Crippen MR) is 107 cm³/mol. The van der Waals surface area contributed by atoms with Crippen LogP contribution in [0, 0.1) is 10.1 Å². The Morgan fingerprint density at radius 2 is 2.00 bits per heavy atom. The summed E-state index contributed by atoms with van der Waals surface area (Å²) in [5, 5.41) is 13.7. The lowest BCUT2D eigenvalue weighted by atomic mass is 10.0. The van der Waals surface area contributed by atoms with E-state index < -0.39 is 4.92 Å². The molecule has 0 spiro atoms. The molecule has 4 rings (SSSR count). The summed E-state index contributed by atoms with van der Waals surface area (Å²) in [6, 6.07) is 10.2. The maximum Gasteiger partial charge on any atom is 0.279 e. The largest absolute Gasteiger partial charge is 0.486 e. The fourth-order valence-electron chi connectivity index (χ4n) is 3.92. The summed E-state index contributed by atoms with van der Waals surface area (Å²) < 4.78 is 11.3. The van der Waals surface area contributed by atoms with Crippen LogP contribution in [0.5, 0.6) is 11.5 Å². The SMILES string of the molecule is O=C(C[NH+]1CCC[C@@H]1c1ccc2c(c1)OCCO2)Nc1ccc([N+](=O)[O-])cc1Cl. The molecule has 2 aromatic carbocycles. The molecule has 2 N–H and O–H groups in total. The number of anilines is 1. The molecule has 2 aliphatic rings. The van der Waals surface area contributed by atoms with Crippen molar-refractivity contribution in [2.45, 2.75) is 18.9 Å². The van der Waals surface area contributed by atoms with Gasteiger partial charge in [-0.1, -0.05) is 11.6 Å². The average molecular weight is 419 g/mol. The van der Waals surface area contributed by atoms with E-state index in [-0.39, 0.29) is 29.2 Å². The van der Waals surface area contributed by atoms with E-state index in [9.17, 15) is 14.9 Å². The topological polar surface area (TPSA) is 95.1 Å². The van der Waals surface area contributed by atoms with Gasteiger partial charge in [-0.15, -0.1) is 0 Å². The van der Waals surface area contributed by atoms with Crippen molar-refractivity contribution >= 4 is 28.9 Å². The van der Waals surface area contributed by atoms with Crippen LogP contribution in [0.2, 0.25) is 5.02 Å². The first kappa shape index (κ1) is 19.5. The zero-order chi connectivity index (χ0) is 20.4. The van der Waals surface area contributed by atoms with Gasteiger partial charge < -0.3 is 19.7 Å². The van der Waals surface area contributed by atoms with Gasteiger partial charge in [0.05, 0.1) is 22.2 Å². The molecule has 1 saturated heterocycles. The predicted octanol–water partition coefficient (Wildman–Crippen LogP) is 2.38. The van der Waals surface area contributed by atoms with Crippen molar-refractivity contribution in [2.24, 2.45) is 0 Å². The molecule has 152 valence electrons. The maximum absolute atomic E-state index is 12.6. The average Bonchev–Trinajstić information content (AvgIpc) is 3.17. The van der Waals surface area contributed by atoms with Crippen molar-refractivity contribution in [3.63, 3.8) is 0 Å². The van der Waals surface area contributed by atoms with E-state index in [0.29, 0.717) is 18.9 Å². The summed E-state index contributed by atoms with van der Waals surface area (Å²) in [6.45, 7) is 2.27. The number of likely N-dealkylation sites (tertiary alicyclic amines) is 1. The highest BCUT2D eigenvalue weighted by atomic mass is 35.5. The van der Waals surface area contributed by atoms with Crippen molar-refractivity contribution in [1.82, 2.24) is 0 Å². The number of rotatable bonds is 5. The Morgan fingerprint density at radius 1 is 1.21 bits per heavy atom. The molecule has 0 radical (unpaired) electrons. The van der Waals surface area contributed by atoms with E-state index in [1.54, 1.807) is 0 Å². The Morgan fingerprint density at radius 3 is 2.76 bits per heavy atom. The van der Waals surface area contributed by atoms with Crippen LogP contribution in [0.15, 0.2) is 36.4 Å². The van der Waals surface area contributed by atoms with Crippen molar-refractivity contribution in [1.29, 1.82) is 0 Å². The molecule has 0 saturated carbocycles. The van der Waals surface area contributed by atoms with Gasteiger partial charge in [-0.3, -0.25) is 14.9 Å². The molecule has 1 unspecified atom stereocenters. The van der Waals surface area contributed by atoms with Gasteiger partial charge in [0.1, 0.15) is 19.3 Å². The summed E-state index contributed by atoms with van der Waals surface area (Å²) in [5.74, 6) is 1.33. The first-order valence-corrected chi connectivity index (χ1v) is 9.87. The zero-order valence-electron chi connectivity index (χ0n) is 15.7. The summed E-state index contributed by atoms with van der Waals surface area (Å²) >= 11 is 6.07. The summed E-state index contributed by atoms with van der Waals surface area (Å²) in [7, 11) is 0. The van der Waals surface area contributed by atoms with Crippen LogP contribution in [0.4, 0.5) is 11.4 Å². The minimum Gasteiger partial charge on any atom is -0.486 e. The maximum atomic E-state index is 12.6. The van der Waals surface area contributed by atoms with E-state index in [2.05, 4.69) is 5.32 Å². The first-order chi connectivity index (χ1) is 14.0. The molecule has 2 heterocycles. The molecule has 0 aliphatic carbocycles. The van der Waals surface area contributed by atoms with Gasteiger partial charge in [-0.2, -0.15) is 0 Å². The number of halogens is 1. The molecule has 1 fully saturated rings. The number of nitrogens with one attached hydrogen (secondary N) is 2. The molecule has 8 nitrogen and oxygen atoms in total. The smallest absolute Gasteiger partial charge is 0.279 e. The highest BCUT2D eigenvalue weighted by Crippen LogP contribution is 2.33. The molecule has 9 heteroatoms. The Balaban J connectivity index is 1.43. The molecular weight excluding hydrogens is 398 g/mol. The fraction of sp³-hybridized carbons (Fsp3) is 0.350. The minimum absolute atomic E-state index is 0.114. The third-order valence-electron chi connectivity index (χ3n) is 5.28. The molecular formula is C20H21ClN3O5+. The Labute approximate surface area is 172 Å². The van der Waals surface area contributed by atoms with Gasteiger partial charge in [0.25, 0.3) is 11.6 Å². The van der Waals surface area contributed by atoms with Gasteiger partial charge in [-0.05, 0) is 24.3 Å². The number of benzene rings is 2. The fourth-order valence-corrected chi connectivity index (χ4v) is 4.14. The van der Waals surface area contributed by atoms with Crippen LogP contribution in [0.1, 0.15) is 24.4 Å². The number of ether oxygens (including phenoxy) is 2. The quantitative estimate of drug-likeness (QED) is 0.574. The number of carbonyl (C=O) groups excluding carboxylic acids is 1. The zero-order valence-corrected chi connectivity index (χ0v) is 16.4. The van der Waals surface area contributed by atoms with Crippen molar-refractivity contribution in [2.75, 3.05) is 31.6 Å². The van der Waals surface area contributed by atoms with Crippen molar-refractivity contribution in [3.05, 3.63) is 57.1 Å². The van der Waals surface area contributed by atoms with Gasteiger partial charge in [-0.25, -0.2) is 0 Å². The van der Waals surface area contributed by atoms with Gasteiger partial charge in [0, 0.05) is 30.5 Å². The Kier molecular flexibility index (Phi) is 5.55. The number of hydrogen-bond donors (Lipinski definition) is 2. The van der Waals surface area contributed by atoms with Gasteiger partial charge in [0.15, 0.2) is 18.0 Å². The van der Waals surface area contributed by atoms with Crippen LogP contribution in [0.3, 0.4) is 0 Å². The lowest BCUT2D eigenvalue weighted by Gasteiger charge is -2.24. The number of hydrogen-bond acceptors (Lipinski definition) is 5. The lowest BCUT2D eigenvalue weighted by Crippen LogP contribution is -3.11. The third-order valence-corrected chi connectivity index (χ3v) is 5.59. The van der Waals surface area contributed by atoms with E-state index in [0.717, 1.165) is 41.3 Å². The molecule has 2 aromatic rings. The summed E-state index contributed by atoms with van der Waals surface area (Å²) in [4.78, 5) is 24.0. The lowest BCUT2D eigenvalue weighted by molar-refractivity contribution is -0.910. The normalized spacial score (nSPS) is 20.3. The molecule has 29 heavy (non-hydrogen) atoms. The van der Waals surface area contributed by atoms with E-state index in [1.165, 1.54) is 18.2 Å². The first-order valence-electron chi connectivity index (χ1n) is 9.49. The van der Waals surface area contributed by atoms with Crippen molar-refractivity contribution in [3.8, 4) is 11.5 Å². The molecule has 2 atom stereocenters. The summed E-state index contributed by atoms with van der Waals surface area (Å²) in [5.41, 5.74) is 1.39. The van der Waals surface area contributed by atoms with Crippen molar-refractivity contribution < 1.29 is 24.1 Å². The monoisotopic (exact) mass is 418 g/mol. The Hall–Kier alpha value is -2.84. The second-order valence-corrected chi connectivity index (χ2v) is 7.56. The number of non-ortho nitro benzene ring substituents is 1. The number of nitrogens with zero attached hydrogens (tertiary/aromatic N) is 1. The number of nitro benzene ring substituents is 1. The molecule has 2 aliphatic heterocycles. The van der Waals surface area contributed by atoms with Gasteiger partial charge in [0.2, 0.25) is 0 Å². The van der Waals surface area contributed by atoms with E-state index in [1.807, 2.05) is 18.2 Å². The van der Waals surface area contributed by atoms with E-state index >= 15 is 0 Å². The van der Waals surface area contributed by atoms with Gasteiger partial charge >= 0.3 is 0 Å². The second kappa shape index (κ2) is 8.26. The number of fused-ring (bicyclic) bond motifs is 1. The van der Waals surface area contributed by atoms with Crippen LogP contribution in [0.25, 0.3) is 0 Å². The van der Waals surface area contributed by atoms with Crippen LogP contribution < -0.4 is 19.7 Å². The highest BCUT2D eigenvalue weighted by Gasteiger charge is 2.32. The Bertz CT molecular complexity index is 952. The van der Waals surface area contributed by atoms with Crippen LogP contribution in [-0.2, 0) is 4.79 Å². The van der Waals surface area contributed by atoms with Crippen LogP contribution in [-0.4, -0.2) is 37.1 Å². The highest BCUT2D eigenvalue weighted by molar-refractivity contribution is 6.34. The number of quaternary nitrogens is 1. The minimum atomic E-state index is -0.524.